The van der Waals surface area contributed by atoms with Crippen molar-refractivity contribution in [1.82, 2.24) is 15.5 Å². The Hall–Kier alpha value is -3.53. The van der Waals surface area contributed by atoms with Gasteiger partial charge in [0.05, 0.1) is 19.1 Å². The molecule has 4 N–H and O–H groups in total. The van der Waals surface area contributed by atoms with Crippen molar-refractivity contribution in [2.45, 2.75) is 79.9 Å². The Morgan fingerprint density at radius 1 is 1.00 bits per heavy atom. The Balaban J connectivity index is 0.00000363. The first-order chi connectivity index (χ1) is 19.0. The number of aliphatic hydroxyl groups excluding tert-OH is 1. The highest BCUT2D eigenvalue weighted by Crippen LogP contribution is 2.23. The summed E-state index contributed by atoms with van der Waals surface area (Å²) < 4.78 is 26.4. The molecule has 2 rings (SSSR count). The van der Waals surface area contributed by atoms with Crippen LogP contribution in [0.2, 0.25) is 0 Å². The van der Waals surface area contributed by atoms with Crippen molar-refractivity contribution >= 4 is 17.7 Å². The standard InChI is InChI=1S/C26H33F2N3O5.2C2H6/c1-4-10-29-23(33)15-31(14-22(27)28)26(36)24(34)20(13-18-8-6-5-7-9-18)30-25(35)19-11-16(2)12-21(32)17(19)3;2*1-2/h5-9,11-12,20,22,24,32,34H,4,10,13-15H2,1-3H3,(H,29,33)(H,30,35);2*1-2H3. The van der Waals surface area contributed by atoms with Gasteiger partial charge in [-0.15, -0.1) is 0 Å². The van der Waals surface area contributed by atoms with Crippen LogP contribution in [0.1, 0.15) is 68.1 Å². The van der Waals surface area contributed by atoms with E-state index in [9.17, 15) is 33.4 Å². The van der Waals surface area contributed by atoms with Crippen molar-refractivity contribution in [2.75, 3.05) is 19.6 Å². The fraction of sp³-hybridized carbons (Fsp3) is 0.500. The molecule has 0 aromatic heterocycles. The molecular formula is C30H45F2N3O5. The number of benzene rings is 2. The third-order valence-corrected chi connectivity index (χ3v) is 5.60. The minimum absolute atomic E-state index is 0.0148. The zero-order valence-corrected chi connectivity index (χ0v) is 24.6. The van der Waals surface area contributed by atoms with Crippen LogP contribution in [0.25, 0.3) is 0 Å². The average molecular weight is 566 g/mol. The van der Waals surface area contributed by atoms with Gasteiger partial charge in [-0.2, -0.15) is 0 Å². The van der Waals surface area contributed by atoms with Crippen molar-refractivity contribution < 1.29 is 33.4 Å². The van der Waals surface area contributed by atoms with E-state index in [2.05, 4.69) is 10.6 Å². The predicted octanol–water partition coefficient (Wildman–Crippen LogP) is 4.38. The number of hydrogen-bond acceptors (Lipinski definition) is 5. The lowest BCUT2D eigenvalue weighted by Gasteiger charge is -2.29. The number of nitrogens with one attached hydrogen (secondary N) is 2. The van der Waals surface area contributed by atoms with Gasteiger partial charge in [0.25, 0.3) is 18.2 Å². The summed E-state index contributed by atoms with van der Waals surface area (Å²) in [6.45, 7) is 11.7. The Labute approximate surface area is 236 Å². The van der Waals surface area contributed by atoms with E-state index in [1.165, 1.54) is 6.07 Å². The molecule has 8 nitrogen and oxygen atoms in total. The van der Waals surface area contributed by atoms with Gasteiger partial charge in [0.1, 0.15) is 5.75 Å². The Morgan fingerprint density at radius 3 is 2.15 bits per heavy atom. The van der Waals surface area contributed by atoms with E-state index in [1.807, 2.05) is 34.6 Å². The molecule has 2 unspecified atom stereocenters. The lowest BCUT2D eigenvalue weighted by atomic mass is 9.98. The summed E-state index contributed by atoms with van der Waals surface area (Å²) in [6.07, 6.45) is -4.21. The minimum atomic E-state index is -2.93. The number of halogens is 2. The molecule has 3 amide bonds. The Kier molecular flexibility index (Phi) is 17.8. The first-order valence-corrected chi connectivity index (χ1v) is 13.7. The first kappa shape index (κ1) is 36.5. The van der Waals surface area contributed by atoms with Crippen molar-refractivity contribution in [2.24, 2.45) is 0 Å². The van der Waals surface area contributed by atoms with Gasteiger partial charge in [-0.25, -0.2) is 8.78 Å². The maximum absolute atomic E-state index is 13.2. The van der Waals surface area contributed by atoms with E-state index in [4.69, 9.17) is 0 Å². The summed E-state index contributed by atoms with van der Waals surface area (Å²) in [5.41, 5.74) is 1.76. The number of rotatable bonds is 12. The molecule has 2 aromatic rings. The number of hydrogen-bond donors (Lipinski definition) is 4. The highest BCUT2D eigenvalue weighted by Gasteiger charge is 2.34. The molecule has 2 atom stereocenters. The fourth-order valence-electron chi connectivity index (χ4n) is 3.68. The molecule has 0 bridgehead atoms. The molecule has 0 aliphatic rings. The van der Waals surface area contributed by atoms with Gasteiger partial charge >= 0.3 is 0 Å². The number of phenolic OH excluding ortho intramolecular Hbond substituents is 1. The minimum Gasteiger partial charge on any atom is -0.508 e. The summed E-state index contributed by atoms with van der Waals surface area (Å²) in [5.74, 6) is -2.47. The second kappa shape index (κ2) is 19.5. The molecule has 0 fully saturated rings. The van der Waals surface area contributed by atoms with Crippen LogP contribution in [0.4, 0.5) is 8.78 Å². The average Bonchev–Trinajstić information content (AvgIpc) is 2.94. The molecule has 0 aliphatic heterocycles. The van der Waals surface area contributed by atoms with Crippen LogP contribution < -0.4 is 10.6 Å². The smallest absolute Gasteiger partial charge is 0.255 e. The van der Waals surface area contributed by atoms with Crippen LogP contribution in [0.5, 0.6) is 5.75 Å². The molecule has 0 radical (unpaired) electrons. The van der Waals surface area contributed by atoms with Gasteiger partial charge < -0.3 is 25.7 Å². The molecule has 224 valence electrons. The van der Waals surface area contributed by atoms with E-state index in [-0.39, 0.29) is 17.7 Å². The number of aryl methyl sites for hydroxylation is 1. The number of alkyl halides is 2. The molecular weight excluding hydrogens is 520 g/mol. The Bertz CT molecular complexity index is 1050. The summed E-state index contributed by atoms with van der Waals surface area (Å²) in [5, 5.41) is 26.2. The first-order valence-electron chi connectivity index (χ1n) is 13.7. The number of phenols is 1. The second-order valence-electron chi connectivity index (χ2n) is 8.63. The van der Waals surface area contributed by atoms with Crippen LogP contribution in [0, 0.1) is 13.8 Å². The summed E-state index contributed by atoms with van der Waals surface area (Å²) in [4.78, 5) is 38.9. The molecule has 0 spiro atoms. The zero-order chi connectivity index (χ0) is 30.8. The normalized spacial score (nSPS) is 11.7. The number of nitrogens with zero attached hydrogens (tertiary/aromatic N) is 1. The van der Waals surface area contributed by atoms with Gasteiger partial charge in [-0.3, -0.25) is 14.4 Å². The SMILES string of the molecule is CC.CC.CCCNC(=O)CN(CC(F)F)C(=O)C(O)C(Cc1ccccc1)NC(=O)c1cc(C)cc(O)c1C. The van der Waals surface area contributed by atoms with Gasteiger partial charge in [0, 0.05) is 17.7 Å². The third-order valence-electron chi connectivity index (χ3n) is 5.60. The van der Waals surface area contributed by atoms with Crippen molar-refractivity contribution in [3.05, 3.63) is 64.7 Å². The quantitative estimate of drug-likeness (QED) is 0.305. The van der Waals surface area contributed by atoms with Gasteiger partial charge in [0.2, 0.25) is 5.91 Å². The molecule has 40 heavy (non-hydrogen) atoms. The number of carbonyl (C=O) groups excluding carboxylic acids is 3. The van der Waals surface area contributed by atoms with E-state index >= 15 is 0 Å². The molecule has 0 heterocycles. The third kappa shape index (κ3) is 12.1. The van der Waals surface area contributed by atoms with Crippen molar-refractivity contribution in [1.29, 1.82) is 0 Å². The molecule has 0 saturated heterocycles. The monoisotopic (exact) mass is 565 g/mol. The van der Waals surface area contributed by atoms with Crippen LogP contribution >= 0.6 is 0 Å². The summed E-state index contributed by atoms with van der Waals surface area (Å²) in [7, 11) is 0. The molecule has 0 saturated carbocycles. The van der Waals surface area contributed by atoms with Gasteiger partial charge in [0.15, 0.2) is 6.10 Å². The highest BCUT2D eigenvalue weighted by molar-refractivity contribution is 5.97. The molecule has 10 heteroatoms. The predicted molar refractivity (Wildman–Crippen MR) is 154 cm³/mol. The summed E-state index contributed by atoms with van der Waals surface area (Å²) >= 11 is 0. The summed E-state index contributed by atoms with van der Waals surface area (Å²) in [6, 6.07) is 10.6. The van der Waals surface area contributed by atoms with Gasteiger partial charge in [-0.1, -0.05) is 65.0 Å². The van der Waals surface area contributed by atoms with Crippen LogP contribution in [0.15, 0.2) is 42.5 Å². The second-order valence-corrected chi connectivity index (χ2v) is 8.63. The van der Waals surface area contributed by atoms with Crippen molar-refractivity contribution in [3.8, 4) is 5.75 Å². The Morgan fingerprint density at radius 2 is 1.60 bits per heavy atom. The van der Waals surface area contributed by atoms with Crippen LogP contribution in [-0.2, 0) is 16.0 Å². The fourth-order valence-corrected chi connectivity index (χ4v) is 3.68. The lowest BCUT2D eigenvalue weighted by molar-refractivity contribution is -0.146. The van der Waals surface area contributed by atoms with E-state index < -0.39 is 49.4 Å². The highest BCUT2D eigenvalue weighted by atomic mass is 19.3. The van der Waals surface area contributed by atoms with E-state index in [1.54, 1.807) is 50.2 Å². The largest absolute Gasteiger partial charge is 0.508 e. The van der Waals surface area contributed by atoms with Crippen LogP contribution in [-0.4, -0.2) is 71.0 Å². The van der Waals surface area contributed by atoms with Crippen LogP contribution in [0.3, 0.4) is 0 Å². The van der Waals surface area contributed by atoms with E-state index in [0.717, 1.165) is 0 Å². The zero-order valence-electron chi connectivity index (χ0n) is 24.6. The topological polar surface area (TPSA) is 119 Å². The molecule has 2 aromatic carbocycles. The number of carbonyl (C=O) groups is 3. The number of amides is 3. The van der Waals surface area contributed by atoms with Gasteiger partial charge in [-0.05, 0) is 49.9 Å². The van der Waals surface area contributed by atoms with E-state index in [0.29, 0.717) is 34.6 Å². The number of aromatic hydroxyl groups is 1. The lowest BCUT2D eigenvalue weighted by Crippen LogP contribution is -2.55. The van der Waals surface area contributed by atoms with Crippen molar-refractivity contribution in [3.63, 3.8) is 0 Å². The maximum Gasteiger partial charge on any atom is 0.255 e. The maximum atomic E-state index is 13.2. The molecule has 0 aliphatic carbocycles. The number of aliphatic hydroxyl groups is 1.